The molecule has 0 aliphatic carbocycles. The van der Waals surface area contributed by atoms with Gasteiger partial charge >= 0.3 is 0 Å². The van der Waals surface area contributed by atoms with Crippen molar-refractivity contribution in [3.8, 4) is 34.3 Å². The van der Waals surface area contributed by atoms with Crippen LogP contribution in [-0.4, -0.2) is 43.6 Å². The van der Waals surface area contributed by atoms with Gasteiger partial charge in [-0.15, -0.1) is 0 Å². The number of hydrogen-bond acceptors (Lipinski definition) is 9. The predicted molar refractivity (Wildman–Crippen MR) is 203 cm³/mol. The van der Waals surface area contributed by atoms with E-state index in [4.69, 9.17) is 13.8 Å². The smallest absolute Gasteiger partial charge is 0.266 e. The molecule has 0 saturated heterocycles. The fourth-order valence-electron chi connectivity index (χ4n) is 7.25. The Hall–Kier alpha value is -7.99. The highest BCUT2D eigenvalue weighted by Crippen LogP contribution is 2.36. The first-order valence-corrected chi connectivity index (χ1v) is 17.3. The Labute approximate surface area is 309 Å². The number of imidazole rings is 1. The molecule has 0 atom stereocenters. The van der Waals surface area contributed by atoms with Crippen LogP contribution in [0.15, 0.2) is 136 Å². The molecule has 0 radical (unpaired) electrons. The van der Waals surface area contributed by atoms with E-state index in [1.54, 1.807) is 78.9 Å². The molecule has 55 heavy (non-hydrogen) atoms. The zero-order valence-electron chi connectivity index (χ0n) is 28.3. The molecule has 2 aliphatic rings. The molecule has 12 nitrogen and oxygen atoms in total. The average Bonchev–Trinajstić information content (AvgIpc) is 4.04. The maximum absolute atomic E-state index is 13.7. The number of carbonyl (C=O) groups is 4. The number of aromatic amines is 1. The van der Waals surface area contributed by atoms with Crippen LogP contribution in [0.4, 0.5) is 11.4 Å². The van der Waals surface area contributed by atoms with Crippen molar-refractivity contribution in [1.82, 2.24) is 19.9 Å². The summed E-state index contributed by atoms with van der Waals surface area (Å²) in [5.74, 6) is -0.531. The van der Waals surface area contributed by atoms with Crippen LogP contribution in [0.25, 0.3) is 67.5 Å². The second-order valence-electron chi connectivity index (χ2n) is 13.2. The van der Waals surface area contributed by atoms with Crippen LogP contribution in [0, 0.1) is 0 Å². The van der Waals surface area contributed by atoms with Gasteiger partial charge in [0.25, 0.3) is 23.6 Å². The molecule has 0 unspecified atom stereocenters. The lowest BCUT2D eigenvalue weighted by atomic mass is 10.1. The van der Waals surface area contributed by atoms with Gasteiger partial charge in [0, 0.05) is 16.7 Å². The highest BCUT2D eigenvalue weighted by atomic mass is 16.4. The average molecular weight is 719 g/mol. The Bertz CT molecular complexity index is 3090. The molecule has 0 bridgehead atoms. The lowest BCUT2D eigenvalue weighted by Crippen LogP contribution is -2.29. The van der Waals surface area contributed by atoms with E-state index in [1.807, 2.05) is 48.5 Å². The SMILES string of the molecule is O=C1c2ccc(-c3nc4ccccc4o3)cc2C(=O)N1c1ccc(-c2nc3cc(N4C(=O)c5ccc(-c6nc7ccccc7o6)cc5C4=O)ccc3[nH]2)cc1. The normalized spacial score (nSPS) is 13.9. The summed E-state index contributed by atoms with van der Waals surface area (Å²) in [7, 11) is 0. The minimum Gasteiger partial charge on any atom is -0.436 e. The van der Waals surface area contributed by atoms with Crippen molar-refractivity contribution >= 4 is 68.2 Å². The monoisotopic (exact) mass is 718 g/mol. The molecule has 9 aromatic rings. The van der Waals surface area contributed by atoms with Gasteiger partial charge < -0.3 is 13.8 Å². The molecule has 11 rings (SSSR count). The fraction of sp³-hybridized carbons (Fsp3) is 0. The first kappa shape index (κ1) is 30.6. The molecule has 6 aromatic carbocycles. The van der Waals surface area contributed by atoms with Crippen molar-refractivity contribution < 1.29 is 28.0 Å². The molecule has 0 fully saturated rings. The van der Waals surface area contributed by atoms with Crippen molar-refractivity contribution in [1.29, 1.82) is 0 Å². The van der Waals surface area contributed by atoms with E-state index in [1.165, 1.54) is 0 Å². The molecule has 5 heterocycles. The van der Waals surface area contributed by atoms with Gasteiger partial charge in [-0.3, -0.25) is 19.2 Å². The Morgan fingerprint density at radius 1 is 0.436 bits per heavy atom. The molecule has 0 spiro atoms. The van der Waals surface area contributed by atoms with Crippen LogP contribution in [0.3, 0.4) is 0 Å². The molecule has 4 amide bonds. The predicted octanol–water partition coefficient (Wildman–Crippen LogP) is 8.45. The quantitative estimate of drug-likeness (QED) is 0.173. The van der Waals surface area contributed by atoms with Crippen molar-refractivity contribution in [3.63, 3.8) is 0 Å². The number of fused-ring (bicyclic) bond motifs is 5. The summed E-state index contributed by atoms with van der Waals surface area (Å²) in [6.07, 6.45) is 0. The summed E-state index contributed by atoms with van der Waals surface area (Å²) in [4.78, 5) is 73.6. The number of carbonyl (C=O) groups excluding carboxylic acids is 4. The summed E-state index contributed by atoms with van der Waals surface area (Å²) >= 11 is 0. The number of hydrogen-bond donors (Lipinski definition) is 1. The third-order valence-corrected chi connectivity index (χ3v) is 9.98. The standard InChI is InChI=1S/C43H22N6O6/c50-40-27-16-11-23(38-46-32-5-1-3-7-35(32)54-38)19-29(27)42(52)48(40)25-13-9-22(10-14-25)37-44-31-18-15-26(21-34(31)45-37)49-41(51)28-17-12-24(20-30(28)43(49)53)39-47-33-6-2-4-8-36(33)55-39/h1-21H,(H,44,45). The number of aromatic nitrogens is 4. The highest BCUT2D eigenvalue weighted by Gasteiger charge is 2.38. The zero-order valence-corrected chi connectivity index (χ0v) is 28.3. The number of nitrogens with zero attached hydrogens (tertiary/aromatic N) is 5. The summed E-state index contributed by atoms with van der Waals surface area (Å²) in [6, 6.07) is 36.7. The summed E-state index contributed by atoms with van der Waals surface area (Å²) < 4.78 is 11.8. The van der Waals surface area contributed by atoms with Gasteiger partial charge in [-0.25, -0.2) is 24.8 Å². The number of anilines is 2. The number of benzene rings is 6. The second kappa shape index (κ2) is 11.3. The maximum atomic E-state index is 13.7. The Morgan fingerprint density at radius 2 is 0.927 bits per heavy atom. The molecule has 3 aromatic heterocycles. The van der Waals surface area contributed by atoms with E-state index >= 15 is 0 Å². The highest BCUT2D eigenvalue weighted by molar-refractivity contribution is 6.35. The first-order valence-electron chi connectivity index (χ1n) is 17.3. The molecule has 2 aliphatic heterocycles. The van der Waals surface area contributed by atoms with Gasteiger partial charge in [0.05, 0.1) is 44.7 Å². The topological polar surface area (TPSA) is 156 Å². The van der Waals surface area contributed by atoms with Gasteiger partial charge in [-0.1, -0.05) is 24.3 Å². The maximum Gasteiger partial charge on any atom is 0.266 e. The van der Waals surface area contributed by atoms with E-state index in [0.29, 0.717) is 84.5 Å². The van der Waals surface area contributed by atoms with Gasteiger partial charge in [0.2, 0.25) is 11.8 Å². The number of amides is 4. The molecule has 1 N–H and O–H groups in total. The number of para-hydroxylation sites is 4. The second-order valence-corrected chi connectivity index (χ2v) is 13.2. The van der Waals surface area contributed by atoms with Crippen LogP contribution in [0.1, 0.15) is 41.4 Å². The summed E-state index contributed by atoms with van der Waals surface area (Å²) in [5, 5.41) is 0. The Kier molecular flexibility index (Phi) is 6.27. The third-order valence-electron chi connectivity index (χ3n) is 9.98. The van der Waals surface area contributed by atoms with Crippen molar-refractivity contribution in [2.75, 3.05) is 9.80 Å². The van der Waals surface area contributed by atoms with Gasteiger partial charge in [0.15, 0.2) is 11.2 Å². The minimum atomic E-state index is -0.459. The van der Waals surface area contributed by atoms with Gasteiger partial charge in [-0.2, -0.15) is 0 Å². The molecule has 0 saturated carbocycles. The minimum absolute atomic E-state index is 0.259. The summed E-state index contributed by atoms with van der Waals surface area (Å²) in [6.45, 7) is 0. The van der Waals surface area contributed by atoms with E-state index in [-0.39, 0.29) is 16.7 Å². The van der Waals surface area contributed by atoms with Crippen LogP contribution < -0.4 is 9.80 Å². The van der Waals surface area contributed by atoms with Crippen LogP contribution in [-0.2, 0) is 0 Å². The Balaban J connectivity index is 0.846. The van der Waals surface area contributed by atoms with Crippen LogP contribution in [0.2, 0.25) is 0 Å². The van der Waals surface area contributed by atoms with Crippen molar-refractivity contribution in [2.24, 2.45) is 0 Å². The first-order chi connectivity index (χ1) is 26.9. The van der Waals surface area contributed by atoms with E-state index in [2.05, 4.69) is 15.0 Å². The number of imide groups is 2. The molecule has 12 heteroatoms. The third kappa shape index (κ3) is 4.61. The lowest BCUT2D eigenvalue weighted by molar-refractivity contribution is 0.0910. The van der Waals surface area contributed by atoms with E-state index in [9.17, 15) is 19.2 Å². The van der Waals surface area contributed by atoms with E-state index < -0.39 is 23.6 Å². The van der Waals surface area contributed by atoms with Gasteiger partial charge in [-0.05, 0) is 103 Å². The zero-order chi connectivity index (χ0) is 36.9. The van der Waals surface area contributed by atoms with Crippen LogP contribution in [0.5, 0.6) is 0 Å². The van der Waals surface area contributed by atoms with E-state index in [0.717, 1.165) is 9.80 Å². The number of rotatable bonds is 5. The van der Waals surface area contributed by atoms with Gasteiger partial charge in [0.1, 0.15) is 16.9 Å². The van der Waals surface area contributed by atoms with Crippen molar-refractivity contribution in [3.05, 3.63) is 150 Å². The molecular weight excluding hydrogens is 697 g/mol. The summed E-state index contributed by atoms with van der Waals surface area (Å²) in [5.41, 5.74) is 7.63. The molecule has 260 valence electrons. The lowest BCUT2D eigenvalue weighted by Gasteiger charge is -2.14. The molecular formula is C43H22N6O6. The number of oxazole rings is 2. The fourth-order valence-corrected chi connectivity index (χ4v) is 7.25. The van der Waals surface area contributed by atoms with Crippen LogP contribution >= 0.6 is 0 Å². The number of H-pyrrole nitrogens is 1. The largest absolute Gasteiger partial charge is 0.436 e. The number of nitrogens with one attached hydrogen (secondary N) is 1. The van der Waals surface area contributed by atoms with Crippen molar-refractivity contribution in [2.45, 2.75) is 0 Å². The Morgan fingerprint density at radius 3 is 1.49 bits per heavy atom.